The average Bonchev–Trinajstić information content (AvgIpc) is 2.74. The first kappa shape index (κ1) is 21.5. The van der Waals surface area contributed by atoms with Gasteiger partial charge in [0.05, 0.1) is 20.1 Å². The molecular weight excluding hydrogens is 370 g/mol. The molecule has 2 fully saturated rings. The molecule has 3 rings (SSSR count). The summed E-state index contributed by atoms with van der Waals surface area (Å²) in [5.74, 6) is 0.232. The van der Waals surface area contributed by atoms with Gasteiger partial charge >= 0.3 is 5.97 Å². The van der Waals surface area contributed by atoms with Crippen molar-refractivity contribution >= 4 is 11.9 Å². The van der Waals surface area contributed by atoms with Crippen molar-refractivity contribution in [3.05, 3.63) is 23.3 Å². The molecule has 1 aliphatic heterocycles. The summed E-state index contributed by atoms with van der Waals surface area (Å²) in [7, 11) is 3.21. The molecule has 0 unspecified atom stereocenters. The smallest absolute Gasteiger partial charge is 0.326 e. The molecular formula is C23H33NO5. The van der Waals surface area contributed by atoms with Gasteiger partial charge in [-0.2, -0.15) is 0 Å². The van der Waals surface area contributed by atoms with Gasteiger partial charge in [-0.25, -0.2) is 4.79 Å². The lowest BCUT2D eigenvalue weighted by Crippen LogP contribution is -2.50. The Bertz CT molecular complexity index is 741. The van der Waals surface area contributed by atoms with Gasteiger partial charge < -0.3 is 19.5 Å². The van der Waals surface area contributed by atoms with Crippen molar-refractivity contribution < 1.29 is 24.2 Å². The van der Waals surface area contributed by atoms with E-state index in [2.05, 4.69) is 0 Å². The molecule has 1 saturated heterocycles. The number of amides is 1. The lowest BCUT2D eigenvalue weighted by atomic mass is 9.75. The summed E-state index contributed by atoms with van der Waals surface area (Å²) in [6, 6.07) is 3.20. The summed E-state index contributed by atoms with van der Waals surface area (Å²) in [6.07, 6.45) is 7.66. The van der Waals surface area contributed by atoms with Gasteiger partial charge in [0.15, 0.2) is 11.5 Å². The number of aliphatic carboxylic acids is 1. The third-order valence-corrected chi connectivity index (χ3v) is 6.50. The van der Waals surface area contributed by atoms with E-state index >= 15 is 0 Å². The molecule has 2 aliphatic rings. The third kappa shape index (κ3) is 4.51. The molecule has 1 amide bonds. The fourth-order valence-electron chi connectivity index (χ4n) is 5.08. The van der Waals surface area contributed by atoms with Crippen molar-refractivity contribution in [1.29, 1.82) is 0 Å². The summed E-state index contributed by atoms with van der Waals surface area (Å²) in [6.45, 7) is 2.47. The zero-order valence-corrected chi connectivity index (χ0v) is 17.8. The molecule has 6 nitrogen and oxygen atoms in total. The molecule has 1 aromatic carbocycles. The van der Waals surface area contributed by atoms with E-state index in [1.165, 1.54) is 6.42 Å². The number of carboxylic acids is 1. The molecule has 0 aromatic heterocycles. The number of methoxy groups -OCH3 is 2. The predicted molar refractivity (Wildman–Crippen MR) is 111 cm³/mol. The minimum atomic E-state index is -0.899. The second-order valence-corrected chi connectivity index (χ2v) is 8.33. The number of ether oxygens (including phenoxy) is 2. The summed E-state index contributed by atoms with van der Waals surface area (Å²) < 4.78 is 11.0. The lowest BCUT2D eigenvalue weighted by Gasteiger charge is -2.39. The Labute approximate surface area is 173 Å². The fraction of sp³-hybridized carbons (Fsp3) is 0.652. The topological polar surface area (TPSA) is 76.1 Å². The number of piperidine rings is 1. The molecule has 0 bridgehead atoms. The lowest BCUT2D eigenvalue weighted by molar-refractivity contribution is -0.153. The first-order valence-corrected chi connectivity index (χ1v) is 10.7. The van der Waals surface area contributed by atoms with Gasteiger partial charge in [-0.1, -0.05) is 25.3 Å². The van der Waals surface area contributed by atoms with Crippen LogP contribution in [0.2, 0.25) is 0 Å². The van der Waals surface area contributed by atoms with Gasteiger partial charge in [0.25, 0.3) is 0 Å². The highest BCUT2D eigenvalue weighted by Crippen LogP contribution is 2.42. The number of carbonyl (C=O) groups excluding carboxylic acids is 1. The maximum atomic E-state index is 13.8. The van der Waals surface area contributed by atoms with E-state index in [-0.39, 0.29) is 17.7 Å². The number of hydrogen-bond donors (Lipinski definition) is 1. The number of nitrogens with zero attached hydrogens (tertiary/aromatic N) is 1. The average molecular weight is 404 g/mol. The van der Waals surface area contributed by atoms with Gasteiger partial charge in [-0.15, -0.1) is 0 Å². The number of carboxylic acid groups (broad SMARTS) is 1. The van der Waals surface area contributed by atoms with Crippen LogP contribution < -0.4 is 9.47 Å². The van der Waals surface area contributed by atoms with Crippen LogP contribution in [0.4, 0.5) is 0 Å². The van der Waals surface area contributed by atoms with Gasteiger partial charge in [0, 0.05) is 6.54 Å². The van der Waals surface area contributed by atoms with Crippen LogP contribution in [-0.4, -0.2) is 48.7 Å². The molecule has 6 heteroatoms. The molecule has 160 valence electrons. The van der Waals surface area contributed by atoms with Gasteiger partial charge in [0.1, 0.15) is 6.04 Å². The van der Waals surface area contributed by atoms with Gasteiger partial charge in [-0.3, -0.25) is 4.79 Å². The van der Waals surface area contributed by atoms with E-state index < -0.39 is 12.0 Å². The van der Waals surface area contributed by atoms with E-state index in [4.69, 9.17) is 9.47 Å². The minimum absolute atomic E-state index is 0.0457. The van der Waals surface area contributed by atoms with Crippen LogP contribution in [0.25, 0.3) is 0 Å². The number of carbonyl (C=O) groups is 2. The van der Waals surface area contributed by atoms with Crippen molar-refractivity contribution in [2.75, 3.05) is 20.8 Å². The van der Waals surface area contributed by atoms with Crippen molar-refractivity contribution in [2.24, 2.45) is 5.92 Å². The molecule has 29 heavy (non-hydrogen) atoms. The summed E-state index contributed by atoms with van der Waals surface area (Å²) in [4.78, 5) is 27.2. The van der Waals surface area contributed by atoms with Crippen LogP contribution in [0.5, 0.6) is 11.5 Å². The van der Waals surface area contributed by atoms with Crippen LogP contribution >= 0.6 is 0 Å². The highest BCUT2D eigenvalue weighted by molar-refractivity contribution is 5.89. The quantitative estimate of drug-likeness (QED) is 0.772. The number of rotatable bonds is 6. The van der Waals surface area contributed by atoms with E-state index in [1.54, 1.807) is 19.1 Å². The number of likely N-dealkylation sites (tertiary alicyclic amines) is 1. The SMILES string of the molecule is COc1cc([C@@H](C(=O)N2CCCC[C@H]2C(=O)O)C2CCCCC2)cc(C)c1OC. The Balaban J connectivity index is 2.02. The van der Waals surface area contributed by atoms with Gasteiger partial charge in [0.2, 0.25) is 5.91 Å². The molecule has 1 saturated carbocycles. The maximum absolute atomic E-state index is 13.8. The molecule has 1 aromatic rings. The molecule has 1 heterocycles. The fourth-order valence-corrected chi connectivity index (χ4v) is 5.08. The second-order valence-electron chi connectivity index (χ2n) is 8.33. The van der Waals surface area contributed by atoms with Crippen LogP contribution in [0.15, 0.2) is 12.1 Å². The normalized spacial score (nSPS) is 21.5. The van der Waals surface area contributed by atoms with Crippen molar-refractivity contribution in [3.8, 4) is 11.5 Å². The first-order chi connectivity index (χ1) is 14.0. The van der Waals surface area contributed by atoms with Crippen molar-refractivity contribution in [2.45, 2.75) is 70.3 Å². The second kappa shape index (κ2) is 9.51. The highest BCUT2D eigenvalue weighted by atomic mass is 16.5. The van der Waals surface area contributed by atoms with Crippen molar-refractivity contribution in [3.63, 3.8) is 0 Å². The minimum Gasteiger partial charge on any atom is -0.493 e. The molecule has 1 N–H and O–H groups in total. The van der Waals surface area contributed by atoms with E-state index in [0.717, 1.165) is 49.7 Å². The van der Waals surface area contributed by atoms with Crippen LogP contribution in [0, 0.1) is 12.8 Å². The Morgan fingerprint density at radius 1 is 1.03 bits per heavy atom. The van der Waals surface area contributed by atoms with E-state index in [9.17, 15) is 14.7 Å². The predicted octanol–water partition coefficient (Wildman–Crippen LogP) is 4.14. The van der Waals surface area contributed by atoms with Crippen LogP contribution in [0.3, 0.4) is 0 Å². The third-order valence-electron chi connectivity index (χ3n) is 6.50. The van der Waals surface area contributed by atoms with Crippen LogP contribution in [0.1, 0.15) is 68.4 Å². The van der Waals surface area contributed by atoms with E-state index in [1.807, 2.05) is 19.1 Å². The Morgan fingerprint density at radius 2 is 1.72 bits per heavy atom. The van der Waals surface area contributed by atoms with E-state index in [0.29, 0.717) is 24.5 Å². The standard InChI is InChI=1S/C23H33NO5/c1-15-13-17(14-19(28-2)21(15)29-3)20(16-9-5-4-6-10-16)22(25)24-12-8-7-11-18(24)23(26)27/h13-14,16,18,20H,4-12H2,1-3H3,(H,26,27)/t18-,20-/m0/s1. The Kier molecular flexibility index (Phi) is 7.04. The highest BCUT2D eigenvalue weighted by Gasteiger charge is 2.39. The van der Waals surface area contributed by atoms with Crippen LogP contribution in [-0.2, 0) is 9.59 Å². The zero-order valence-electron chi connectivity index (χ0n) is 17.8. The number of aryl methyl sites for hydroxylation is 1. The van der Waals surface area contributed by atoms with Crippen molar-refractivity contribution in [1.82, 2.24) is 4.90 Å². The molecule has 1 aliphatic carbocycles. The molecule has 0 radical (unpaired) electrons. The Morgan fingerprint density at radius 3 is 2.34 bits per heavy atom. The summed E-state index contributed by atoms with van der Waals surface area (Å²) >= 11 is 0. The summed E-state index contributed by atoms with van der Waals surface area (Å²) in [5.41, 5.74) is 1.83. The number of benzene rings is 1. The Hall–Kier alpha value is -2.24. The molecule has 2 atom stereocenters. The first-order valence-electron chi connectivity index (χ1n) is 10.7. The number of hydrogen-bond acceptors (Lipinski definition) is 4. The monoisotopic (exact) mass is 403 g/mol. The summed E-state index contributed by atoms with van der Waals surface area (Å²) in [5, 5.41) is 9.68. The zero-order chi connectivity index (χ0) is 21.0. The maximum Gasteiger partial charge on any atom is 0.326 e. The molecule has 0 spiro atoms. The largest absolute Gasteiger partial charge is 0.493 e. The van der Waals surface area contributed by atoms with Gasteiger partial charge in [-0.05, 0) is 62.1 Å².